The lowest BCUT2D eigenvalue weighted by atomic mass is 10.1. The SMILES string of the molecule is N=C(N)c1cccc(N2CC(COc3ccc4c(c3)CCCO4)OC2=O)c1. The van der Waals surface area contributed by atoms with Gasteiger partial charge in [-0.25, -0.2) is 4.79 Å². The third-order valence-electron chi connectivity index (χ3n) is 4.66. The Balaban J connectivity index is 1.39. The number of fused-ring (bicyclic) bond motifs is 1. The maximum Gasteiger partial charge on any atom is 0.414 e. The topological polar surface area (TPSA) is 97.9 Å². The van der Waals surface area contributed by atoms with Crippen LogP contribution < -0.4 is 20.1 Å². The van der Waals surface area contributed by atoms with Crippen LogP contribution in [-0.4, -0.2) is 37.8 Å². The summed E-state index contributed by atoms with van der Waals surface area (Å²) in [6.07, 6.45) is 1.19. The first kappa shape index (κ1) is 17.2. The number of nitrogens with zero attached hydrogens (tertiary/aromatic N) is 1. The molecular weight excluding hydrogens is 346 g/mol. The average molecular weight is 367 g/mol. The van der Waals surface area contributed by atoms with Gasteiger partial charge in [-0.2, -0.15) is 0 Å². The van der Waals surface area contributed by atoms with Crippen LogP contribution in [0.1, 0.15) is 17.5 Å². The monoisotopic (exact) mass is 367 g/mol. The van der Waals surface area contributed by atoms with Crippen LogP contribution in [0.15, 0.2) is 42.5 Å². The normalized spacial score (nSPS) is 18.4. The van der Waals surface area contributed by atoms with E-state index in [0.717, 1.165) is 36.5 Å². The van der Waals surface area contributed by atoms with Gasteiger partial charge in [0.2, 0.25) is 0 Å². The standard InChI is InChI=1S/C20H21N3O4/c21-19(22)14-3-1-5-15(9-14)23-11-17(27-20(23)24)12-26-16-6-7-18-13(10-16)4-2-8-25-18/h1,3,5-7,9-10,17H,2,4,8,11-12H2,(H3,21,22). The summed E-state index contributed by atoms with van der Waals surface area (Å²) in [5.41, 5.74) is 7.89. The number of hydrogen-bond acceptors (Lipinski definition) is 5. The minimum atomic E-state index is -0.428. The predicted molar refractivity (Wildman–Crippen MR) is 101 cm³/mol. The number of benzene rings is 2. The molecular formula is C20H21N3O4. The van der Waals surface area contributed by atoms with Gasteiger partial charge in [-0.3, -0.25) is 10.3 Å². The van der Waals surface area contributed by atoms with E-state index in [1.54, 1.807) is 24.3 Å². The van der Waals surface area contributed by atoms with Crippen LogP contribution in [0.3, 0.4) is 0 Å². The van der Waals surface area contributed by atoms with E-state index in [0.29, 0.717) is 17.8 Å². The van der Waals surface area contributed by atoms with Gasteiger partial charge in [-0.1, -0.05) is 12.1 Å². The van der Waals surface area contributed by atoms with Crippen molar-refractivity contribution in [3.05, 3.63) is 53.6 Å². The van der Waals surface area contributed by atoms with Crippen LogP contribution in [0.25, 0.3) is 0 Å². The third kappa shape index (κ3) is 3.67. The van der Waals surface area contributed by atoms with Gasteiger partial charge in [-0.05, 0) is 48.7 Å². The van der Waals surface area contributed by atoms with E-state index in [-0.39, 0.29) is 18.5 Å². The summed E-state index contributed by atoms with van der Waals surface area (Å²) in [6.45, 7) is 1.41. The summed E-state index contributed by atoms with van der Waals surface area (Å²) < 4.78 is 16.9. The Morgan fingerprint density at radius 1 is 1.30 bits per heavy atom. The first-order chi connectivity index (χ1) is 13.1. The molecule has 0 bridgehead atoms. The van der Waals surface area contributed by atoms with E-state index in [4.69, 9.17) is 25.4 Å². The summed E-state index contributed by atoms with van der Waals surface area (Å²) in [5, 5.41) is 7.53. The van der Waals surface area contributed by atoms with E-state index >= 15 is 0 Å². The number of rotatable bonds is 5. The maximum absolute atomic E-state index is 12.2. The number of amides is 1. The first-order valence-electron chi connectivity index (χ1n) is 8.91. The van der Waals surface area contributed by atoms with Crippen LogP contribution in [0.2, 0.25) is 0 Å². The van der Waals surface area contributed by atoms with Crippen molar-refractivity contribution in [2.24, 2.45) is 5.73 Å². The molecule has 4 rings (SSSR count). The molecule has 1 fully saturated rings. The van der Waals surface area contributed by atoms with Crippen molar-refractivity contribution in [3.8, 4) is 11.5 Å². The minimum Gasteiger partial charge on any atom is -0.493 e. The van der Waals surface area contributed by atoms with Gasteiger partial charge in [-0.15, -0.1) is 0 Å². The summed E-state index contributed by atoms with van der Waals surface area (Å²) in [6, 6.07) is 12.8. The zero-order chi connectivity index (χ0) is 18.8. The number of carbonyl (C=O) groups excluding carboxylic acids is 1. The largest absolute Gasteiger partial charge is 0.493 e. The second-order valence-electron chi connectivity index (χ2n) is 6.61. The number of carbonyl (C=O) groups is 1. The van der Waals surface area contributed by atoms with Crippen LogP contribution in [0, 0.1) is 5.41 Å². The van der Waals surface area contributed by atoms with E-state index < -0.39 is 6.09 Å². The van der Waals surface area contributed by atoms with Crippen molar-refractivity contribution in [2.75, 3.05) is 24.7 Å². The van der Waals surface area contributed by atoms with Gasteiger partial charge < -0.3 is 19.9 Å². The van der Waals surface area contributed by atoms with Crippen LogP contribution in [0.4, 0.5) is 10.5 Å². The van der Waals surface area contributed by atoms with Gasteiger partial charge in [0.25, 0.3) is 0 Å². The molecule has 1 unspecified atom stereocenters. The smallest absolute Gasteiger partial charge is 0.414 e. The van der Waals surface area contributed by atoms with E-state index in [2.05, 4.69) is 0 Å². The maximum atomic E-state index is 12.2. The van der Waals surface area contributed by atoms with E-state index in [1.807, 2.05) is 18.2 Å². The summed E-state index contributed by atoms with van der Waals surface area (Å²) in [5.74, 6) is 1.62. The number of anilines is 1. The van der Waals surface area contributed by atoms with Gasteiger partial charge in [0.15, 0.2) is 6.10 Å². The summed E-state index contributed by atoms with van der Waals surface area (Å²) in [7, 11) is 0. The lowest BCUT2D eigenvalue weighted by Gasteiger charge is -2.18. The summed E-state index contributed by atoms with van der Waals surface area (Å²) >= 11 is 0. The number of nitrogen functional groups attached to an aromatic ring is 1. The second-order valence-corrected chi connectivity index (χ2v) is 6.61. The molecule has 2 aliphatic rings. The van der Waals surface area contributed by atoms with Crippen molar-refractivity contribution in [2.45, 2.75) is 18.9 Å². The molecule has 0 spiro atoms. The zero-order valence-electron chi connectivity index (χ0n) is 14.8. The fraction of sp³-hybridized carbons (Fsp3) is 0.300. The molecule has 0 radical (unpaired) electrons. The molecule has 2 aromatic rings. The summed E-state index contributed by atoms with van der Waals surface area (Å²) in [4.78, 5) is 13.7. The van der Waals surface area contributed by atoms with Crippen molar-refractivity contribution in [1.82, 2.24) is 0 Å². The molecule has 7 nitrogen and oxygen atoms in total. The van der Waals surface area contributed by atoms with Gasteiger partial charge in [0, 0.05) is 11.3 Å². The number of ether oxygens (including phenoxy) is 3. The highest BCUT2D eigenvalue weighted by Crippen LogP contribution is 2.29. The van der Waals surface area contributed by atoms with Crippen molar-refractivity contribution < 1.29 is 19.0 Å². The molecule has 7 heteroatoms. The van der Waals surface area contributed by atoms with Gasteiger partial charge in [0.1, 0.15) is 23.9 Å². The Morgan fingerprint density at radius 2 is 2.19 bits per heavy atom. The Hall–Kier alpha value is -3.22. The number of amidine groups is 1. The first-order valence-corrected chi connectivity index (χ1v) is 8.91. The number of cyclic esters (lactones) is 1. The van der Waals surface area contributed by atoms with Crippen LogP contribution in [0.5, 0.6) is 11.5 Å². The molecule has 1 amide bonds. The van der Waals surface area contributed by atoms with Crippen LogP contribution in [-0.2, 0) is 11.2 Å². The molecule has 1 saturated heterocycles. The van der Waals surface area contributed by atoms with Crippen molar-refractivity contribution in [3.63, 3.8) is 0 Å². The second kappa shape index (κ2) is 7.19. The predicted octanol–water partition coefficient (Wildman–Crippen LogP) is 2.70. The molecule has 0 aliphatic carbocycles. The highest BCUT2D eigenvalue weighted by molar-refractivity contribution is 5.97. The Labute approximate surface area is 157 Å². The fourth-order valence-corrected chi connectivity index (χ4v) is 3.28. The Kier molecular flexibility index (Phi) is 4.58. The van der Waals surface area contributed by atoms with E-state index in [9.17, 15) is 4.79 Å². The number of hydrogen-bond donors (Lipinski definition) is 2. The molecule has 0 aromatic heterocycles. The average Bonchev–Trinajstić information content (AvgIpc) is 3.07. The molecule has 27 heavy (non-hydrogen) atoms. The van der Waals surface area contributed by atoms with Crippen molar-refractivity contribution >= 4 is 17.6 Å². The molecule has 1 atom stereocenters. The number of aryl methyl sites for hydroxylation is 1. The minimum absolute atomic E-state index is 0.0410. The van der Waals surface area contributed by atoms with Gasteiger partial charge in [0.05, 0.1) is 13.2 Å². The van der Waals surface area contributed by atoms with Crippen LogP contribution >= 0.6 is 0 Å². The highest BCUT2D eigenvalue weighted by Gasteiger charge is 2.33. The van der Waals surface area contributed by atoms with Crippen molar-refractivity contribution in [1.29, 1.82) is 5.41 Å². The molecule has 2 aliphatic heterocycles. The molecule has 3 N–H and O–H groups in total. The molecule has 2 heterocycles. The number of nitrogens with one attached hydrogen (secondary N) is 1. The van der Waals surface area contributed by atoms with E-state index in [1.165, 1.54) is 4.90 Å². The molecule has 2 aromatic carbocycles. The quantitative estimate of drug-likeness (QED) is 0.625. The third-order valence-corrected chi connectivity index (χ3v) is 4.66. The Bertz CT molecular complexity index is 883. The van der Waals surface area contributed by atoms with Gasteiger partial charge >= 0.3 is 6.09 Å². The zero-order valence-corrected chi connectivity index (χ0v) is 14.8. The molecule has 140 valence electrons. The number of nitrogens with two attached hydrogens (primary N) is 1. The highest BCUT2D eigenvalue weighted by atomic mass is 16.6. The lowest BCUT2D eigenvalue weighted by Crippen LogP contribution is -2.27. The fourth-order valence-electron chi connectivity index (χ4n) is 3.28. The molecule has 0 saturated carbocycles. The Morgan fingerprint density at radius 3 is 3.04 bits per heavy atom. The lowest BCUT2D eigenvalue weighted by molar-refractivity contribution is 0.105.